The third-order valence-electron chi connectivity index (χ3n) is 4.64. The summed E-state index contributed by atoms with van der Waals surface area (Å²) >= 11 is 1.63. The fourth-order valence-electron chi connectivity index (χ4n) is 3.25. The van der Waals surface area contributed by atoms with Crippen LogP contribution in [0.2, 0.25) is 0 Å². The van der Waals surface area contributed by atoms with Crippen LogP contribution in [-0.4, -0.2) is 60.4 Å². The lowest BCUT2D eigenvalue weighted by molar-refractivity contribution is -0.135. The van der Waals surface area contributed by atoms with Gasteiger partial charge in [0.15, 0.2) is 0 Å². The Kier molecular flexibility index (Phi) is 5.02. The lowest BCUT2D eigenvalue weighted by Crippen LogP contribution is -2.59. The molecule has 1 atom stereocenters. The molecule has 0 aromatic carbocycles. The molecule has 0 saturated carbocycles. The minimum atomic E-state index is -0.364. The molecule has 2 amide bonds. The summed E-state index contributed by atoms with van der Waals surface area (Å²) < 4.78 is 0. The van der Waals surface area contributed by atoms with Gasteiger partial charge in [-0.2, -0.15) is 0 Å². The van der Waals surface area contributed by atoms with Crippen LogP contribution in [0.5, 0.6) is 0 Å². The van der Waals surface area contributed by atoms with Crippen LogP contribution in [0.15, 0.2) is 11.4 Å². The molecular weight excluding hydrogens is 310 g/mol. The number of piperazine rings is 1. The van der Waals surface area contributed by atoms with Crippen LogP contribution in [-0.2, 0) is 4.79 Å². The molecule has 0 aliphatic carbocycles. The van der Waals surface area contributed by atoms with E-state index in [-0.39, 0.29) is 17.9 Å². The highest BCUT2D eigenvalue weighted by Crippen LogP contribution is 2.25. The van der Waals surface area contributed by atoms with Gasteiger partial charge in [0.25, 0.3) is 5.91 Å². The smallest absolute Gasteiger partial charge is 0.255 e. The zero-order valence-electron chi connectivity index (χ0n) is 13.9. The Labute approximate surface area is 141 Å². The van der Waals surface area contributed by atoms with Crippen LogP contribution in [0.1, 0.15) is 47.8 Å². The van der Waals surface area contributed by atoms with Crippen molar-refractivity contribution in [3.8, 4) is 0 Å². The molecule has 1 aromatic rings. The summed E-state index contributed by atoms with van der Waals surface area (Å²) in [6.45, 7) is 7.81. The highest BCUT2D eigenvalue weighted by molar-refractivity contribution is 7.10. The fraction of sp³-hybridized carbons (Fsp3) is 0.647. The molecule has 3 rings (SSSR count). The average molecular weight is 335 g/mol. The van der Waals surface area contributed by atoms with Crippen LogP contribution in [0.25, 0.3) is 0 Å². The van der Waals surface area contributed by atoms with E-state index in [2.05, 4.69) is 19.2 Å². The zero-order chi connectivity index (χ0) is 16.4. The molecule has 2 aliphatic heterocycles. The first kappa shape index (κ1) is 16.5. The minimum absolute atomic E-state index is 0.00723. The molecule has 3 heterocycles. The summed E-state index contributed by atoms with van der Waals surface area (Å²) in [5, 5.41) is 5.19. The Balaban J connectivity index is 1.76. The van der Waals surface area contributed by atoms with Gasteiger partial charge in [-0.05, 0) is 24.8 Å². The van der Waals surface area contributed by atoms with E-state index in [0.717, 1.165) is 38.0 Å². The predicted molar refractivity (Wildman–Crippen MR) is 91.9 cm³/mol. The van der Waals surface area contributed by atoms with Gasteiger partial charge in [0.05, 0.1) is 5.56 Å². The van der Waals surface area contributed by atoms with Crippen molar-refractivity contribution in [1.29, 1.82) is 0 Å². The molecule has 6 heteroatoms. The molecule has 1 N–H and O–H groups in total. The van der Waals surface area contributed by atoms with Gasteiger partial charge < -0.3 is 15.1 Å². The highest BCUT2D eigenvalue weighted by Gasteiger charge is 2.36. The average Bonchev–Trinajstić information content (AvgIpc) is 3.24. The van der Waals surface area contributed by atoms with Gasteiger partial charge in [-0.1, -0.05) is 13.8 Å². The lowest BCUT2D eigenvalue weighted by atomic mass is 10.1. The van der Waals surface area contributed by atoms with E-state index in [9.17, 15) is 9.59 Å². The molecule has 2 aliphatic rings. The normalized spacial score (nSPS) is 22.0. The first-order valence-electron chi connectivity index (χ1n) is 8.47. The number of hydrogen-bond donors (Lipinski definition) is 1. The first-order chi connectivity index (χ1) is 11.1. The van der Waals surface area contributed by atoms with Crippen LogP contribution in [0, 0.1) is 0 Å². The maximum atomic E-state index is 12.9. The second-order valence-corrected chi connectivity index (χ2v) is 7.59. The van der Waals surface area contributed by atoms with Crippen molar-refractivity contribution in [3.05, 3.63) is 21.9 Å². The Morgan fingerprint density at radius 1 is 1.26 bits per heavy atom. The molecule has 1 unspecified atom stereocenters. The molecule has 1 aromatic heterocycles. The quantitative estimate of drug-likeness (QED) is 0.918. The molecule has 23 heavy (non-hydrogen) atoms. The third kappa shape index (κ3) is 3.43. The lowest BCUT2D eigenvalue weighted by Gasteiger charge is -2.37. The van der Waals surface area contributed by atoms with Crippen LogP contribution in [0.4, 0.5) is 0 Å². The molecular formula is C17H25N3O2S. The zero-order valence-corrected chi connectivity index (χ0v) is 14.7. The van der Waals surface area contributed by atoms with E-state index in [4.69, 9.17) is 0 Å². The summed E-state index contributed by atoms with van der Waals surface area (Å²) in [7, 11) is 0. The summed E-state index contributed by atoms with van der Waals surface area (Å²) in [4.78, 5) is 30.5. The Morgan fingerprint density at radius 3 is 2.65 bits per heavy atom. The van der Waals surface area contributed by atoms with Gasteiger partial charge in [-0.3, -0.25) is 9.59 Å². The van der Waals surface area contributed by atoms with E-state index in [1.165, 1.54) is 4.88 Å². The first-order valence-corrected chi connectivity index (χ1v) is 9.35. The number of hydrogen-bond acceptors (Lipinski definition) is 4. The Hall–Kier alpha value is -1.40. The summed E-state index contributed by atoms with van der Waals surface area (Å²) in [5.41, 5.74) is 0.722. The van der Waals surface area contributed by atoms with Crippen molar-refractivity contribution in [2.45, 2.75) is 38.6 Å². The molecule has 0 spiro atoms. The molecule has 126 valence electrons. The van der Waals surface area contributed by atoms with Crippen molar-refractivity contribution in [2.24, 2.45) is 0 Å². The number of rotatable bonds is 3. The molecule has 0 radical (unpaired) electrons. The summed E-state index contributed by atoms with van der Waals surface area (Å²) in [6.07, 6.45) is 2.14. The monoisotopic (exact) mass is 335 g/mol. The Morgan fingerprint density at radius 2 is 2.00 bits per heavy atom. The number of carbonyl (C=O) groups is 2. The maximum absolute atomic E-state index is 12.9. The minimum Gasteiger partial charge on any atom is -0.341 e. The van der Waals surface area contributed by atoms with Gasteiger partial charge in [-0.25, -0.2) is 0 Å². The molecule has 2 fully saturated rings. The highest BCUT2D eigenvalue weighted by atomic mass is 32.1. The second kappa shape index (κ2) is 7.01. The van der Waals surface area contributed by atoms with E-state index in [1.807, 2.05) is 16.3 Å². The number of thiophene rings is 1. The van der Waals surface area contributed by atoms with Gasteiger partial charge in [0, 0.05) is 43.0 Å². The molecule has 0 bridgehead atoms. The summed E-state index contributed by atoms with van der Waals surface area (Å²) in [6, 6.07) is 1.62. The van der Waals surface area contributed by atoms with Crippen LogP contribution < -0.4 is 5.32 Å². The summed E-state index contributed by atoms with van der Waals surface area (Å²) in [5.74, 6) is 0.515. The van der Waals surface area contributed by atoms with Gasteiger partial charge >= 0.3 is 0 Å². The molecule has 5 nitrogen and oxygen atoms in total. The number of nitrogens with one attached hydrogen (secondary N) is 1. The van der Waals surface area contributed by atoms with Crippen molar-refractivity contribution >= 4 is 23.2 Å². The Bertz CT molecular complexity index is 578. The van der Waals surface area contributed by atoms with Gasteiger partial charge in [0.2, 0.25) is 5.91 Å². The van der Waals surface area contributed by atoms with E-state index < -0.39 is 0 Å². The predicted octanol–water partition coefficient (Wildman–Crippen LogP) is 1.91. The van der Waals surface area contributed by atoms with Crippen LogP contribution >= 0.6 is 11.3 Å². The topological polar surface area (TPSA) is 52.7 Å². The molecule has 2 saturated heterocycles. The van der Waals surface area contributed by atoms with E-state index in [1.54, 1.807) is 16.2 Å². The number of amides is 2. The fourth-order valence-corrected chi connectivity index (χ4v) is 4.15. The van der Waals surface area contributed by atoms with Crippen molar-refractivity contribution < 1.29 is 9.59 Å². The number of carbonyl (C=O) groups excluding carboxylic acids is 2. The van der Waals surface area contributed by atoms with Gasteiger partial charge in [-0.15, -0.1) is 11.3 Å². The van der Waals surface area contributed by atoms with Gasteiger partial charge in [0.1, 0.15) is 6.04 Å². The SMILES string of the molecule is CC(C)c1cc(C(=O)N2CCNCC2C(=O)N2CCCC2)cs1. The maximum Gasteiger partial charge on any atom is 0.255 e. The second-order valence-electron chi connectivity index (χ2n) is 6.64. The largest absolute Gasteiger partial charge is 0.341 e. The van der Waals surface area contributed by atoms with Crippen molar-refractivity contribution in [3.63, 3.8) is 0 Å². The standard InChI is InChI=1S/C17H25N3O2S/c1-12(2)15-9-13(11-23-15)16(21)20-8-5-18-10-14(20)17(22)19-6-3-4-7-19/h9,11-12,14,18H,3-8,10H2,1-2H3. The number of nitrogens with zero attached hydrogens (tertiary/aromatic N) is 2. The van der Waals surface area contributed by atoms with E-state index >= 15 is 0 Å². The van der Waals surface area contributed by atoms with Crippen molar-refractivity contribution in [2.75, 3.05) is 32.7 Å². The van der Waals surface area contributed by atoms with Crippen LogP contribution in [0.3, 0.4) is 0 Å². The third-order valence-corrected chi connectivity index (χ3v) is 5.88. The van der Waals surface area contributed by atoms with E-state index in [0.29, 0.717) is 19.0 Å². The van der Waals surface area contributed by atoms with Crippen molar-refractivity contribution in [1.82, 2.24) is 15.1 Å². The number of likely N-dealkylation sites (tertiary alicyclic amines) is 1.